The molecule has 122 valence electrons. The Morgan fingerprint density at radius 3 is 2.52 bits per heavy atom. The van der Waals surface area contributed by atoms with Gasteiger partial charge in [-0.1, -0.05) is 27.2 Å². The molecule has 0 saturated heterocycles. The van der Waals surface area contributed by atoms with Gasteiger partial charge in [-0.2, -0.15) is 5.10 Å². The van der Waals surface area contributed by atoms with Crippen molar-refractivity contribution in [1.29, 1.82) is 0 Å². The van der Waals surface area contributed by atoms with Crippen LogP contribution in [0, 0.1) is 19.8 Å². The number of nitrogens with zero attached hydrogens (tertiary/aromatic N) is 2. The van der Waals surface area contributed by atoms with Gasteiger partial charge in [-0.3, -0.25) is 4.68 Å². The van der Waals surface area contributed by atoms with E-state index in [9.17, 15) is 8.42 Å². The van der Waals surface area contributed by atoms with Gasteiger partial charge in [0, 0.05) is 13.1 Å². The van der Waals surface area contributed by atoms with E-state index < -0.39 is 10.0 Å². The number of aryl methyl sites for hydroxylation is 1. The summed E-state index contributed by atoms with van der Waals surface area (Å²) in [6.07, 6.45) is 0.947. The van der Waals surface area contributed by atoms with Crippen LogP contribution in [0.4, 0.5) is 0 Å². The number of aromatic nitrogens is 2. The highest BCUT2D eigenvalue weighted by Crippen LogP contribution is 2.19. The van der Waals surface area contributed by atoms with Crippen molar-refractivity contribution in [2.75, 3.05) is 19.6 Å². The van der Waals surface area contributed by atoms with E-state index in [1.54, 1.807) is 11.6 Å². The molecule has 0 spiro atoms. The van der Waals surface area contributed by atoms with Gasteiger partial charge in [0.15, 0.2) is 0 Å². The second kappa shape index (κ2) is 7.91. The Morgan fingerprint density at radius 2 is 1.95 bits per heavy atom. The number of rotatable bonds is 9. The van der Waals surface area contributed by atoms with E-state index in [4.69, 9.17) is 0 Å². The highest BCUT2D eigenvalue weighted by molar-refractivity contribution is 7.89. The molecule has 1 unspecified atom stereocenters. The van der Waals surface area contributed by atoms with Gasteiger partial charge in [0.1, 0.15) is 4.90 Å². The first kappa shape index (κ1) is 18.1. The Kier molecular flexibility index (Phi) is 6.83. The molecule has 6 nitrogen and oxygen atoms in total. The summed E-state index contributed by atoms with van der Waals surface area (Å²) in [5.74, 6) is 0.323. The van der Waals surface area contributed by atoms with Crippen molar-refractivity contribution in [3.63, 3.8) is 0 Å². The molecule has 0 aliphatic rings. The highest BCUT2D eigenvalue weighted by atomic mass is 32.2. The number of likely N-dealkylation sites (N-methyl/N-ethyl adjacent to an activating group) is 1. The van der Waals surface area contributed by atoms with Crippen LogP contribution in [-0.2, 0) is 16.6 Å². The number of sulfonamides is 1. The SMILES string of the molecule is CCNCCn1nc(C)c(S(=O)(=O)NCC(C)CC)c1C. The highest BCUT2D eigenvalue weighted by Gasteiger charge is 2.24. The van der Waals surface area contributed by atoms with E-state index in [0.717, 1.165) is 19.5 Å². The molecular weight excluding hydrogens is 288 g/mol. The fourth-order valence-electron chi connectivity index (χ4n) is 2.12. The molecule has 0 aliphatic heterocycles. The van der Waals surface area contributed by atoms with Crippen LogP contribution in [0.3, 0.4) is 0 Å². The monoisotopic (exact) mass is 316 g/mol. The summed E-state index contributed by atoms with van der Waals surface area (Å²) in [6.45, 7) is 12.5. The van der Waals surface area contributed by atoms with Crippen molar-refractivity contribution >= 4 is 10.0 Å². The summed E-state index contributed by atoms with van der Waals surface area (Å²) in [5, 5.41) is 7.57. The zero-order chi connectivity index (χ0) is 16.0. The fourth-order valence-corrected chi connectivity index (χ4v) is 3.69. The van der Waals surface area contributed by atoms with Crippen molar-refractivity contribution in [2.45, 2.75) is 52.5 Å². The lowest BCUT2D eigenvalue weighted by Crippen LogP contribution is -2.29. The molecule has 2 N–H and O–H groups in total. The van der Waals surface area contributed by atoms with Crippen LogP contribution in [0.2, 0.25) is 0 Å². The Balaban J connectivity index is 2.91. The molecule has 0 bridgehead atoms. The summed E-state index contributed by atoms with van der Waals surface area (Å²) in [5.41, 5.74) is 1.25. The normalized spacial score (nSPS) is 13.6. The topological polar surface area (TPSA) is 76.0 Å². The minimum Gasteiger partial charge on any atom is -0.315 e. The largest absolute Gasteiger partial charge is 0.315 e. The lowest BCUT2D eigenvalue weighted by molar-refractivity contribution is 0.527. The van der Waals surface area contributed by atoms with Crippen molar-refractivity contribution < 1.29 is 8.42 Å². The molecule has 21 heavy (non-hydrogen) atoms. The molecule has 0 amide bonds. The molecule has 0 radical (unpaired) electrons. The molecule has 1 atom stereocenters. The smallest absolute Gasteiger partial charge is 0.244 e. The summed E-state index contributed by atoms with van der Waals surface area (Å²) >= 11 is 0. The Hall–Kier alpha value is -0.920. The second-order valence-corrected chi connectivity index (χ2v) is 7.15. The van der Waals surface area contributed by atoms with E-state index in [2.05, 4.69) is 15.1 Å². The maximum Gasteiger partial charge on any atom is 0.244 e. The first-order valence-corrected chi connectivity index (χ1v) is 9.06. The summed E-state index contributed by atoms with van der Waals surface area (Å²) in [7, 11) is -3.49. The predicted molar refractivity (Wildman–Crippen MR) is 84.9 cm³/mol. The predicted octanol–water partition coefficient (Wildman–Crippen LogP) is 1.43. The number of nitrogens with one attached hydrogen (secondary N) is 2. The zero-order valence-corrected chi connectivity index (χ0v) is 14.5. The number of hydrogen-bond acceptors (Lipinski definition) is 4. The molecular formula is C14H28N4O2S. The lowest BCUT2D eigenvalue weighted by atomic mass is 10.1. The third-order valence-electron chi connectivity index (χ3n) is 3.65. The first-order chi connectivity index (χ1) is 9.83. The van der Waals surface area contributed by atoms with Crippen molar-refractivity contribution in [1.82, 2.24) is 19.8 Å². The maximum absolute atomic E-state index is 12.5. The van der Waals surface area contributed by atoms with Crippen molar-refractivity contribution in [3.05, 3.63) is 11.4 Å². The van der Waals surface area contributed by atoms with Crippen LogP contribution in [-0.4, -0.2) is 37.8 Å². The van der Waals surface area contributed by atoms with Gasteiger partial charge >= 0.3 is 0 Å². The standard InChI is InChI=1S/C14H28N4O2S/c1-6-11(3)10-16-21(19,20)14-12(4)17-18(13(14)5)9-8-15-7-2/h11,15-16H,6-10H2,1-5H3. The van der Waals surface area contributed by atoms with Crippen molar-refractivity contribution in [3.8, 4) is 0 Å². The lowest BCUT2D eigenvalue weighted by Gasteiger charge is -2.11. The van der Waals surface area contributed by atoms with Crippen molar-refractivity contribution in [2.24, 2.45) is 5.92 Å². The number of hydrogen-bond donors (Lipinski definition) is 2. The van der Waals surface area contributed by atoms with E-state index in [1.807, 2.05) is 27.7 Å². The van der Waals surface area contributed by atoms with Gasteiger partial charge in [0.25, 0.3) is 0 Å². The minimum atomic E-state index is -3.49. The van der Waals surface area contributed by atoms with Crippen LogP contribution in [0.15, 0.2) is 4.90 Å². The van der Waals surface area contributed by atoms with Crippen LogP contribution in [0.25, 0.3) is 0 Å². The van der Waals surface area contributed by atoms with Gasteiger partial charge in [0.05, 0.1) is 17.9 Å². The van der Waals surface area contributed by atoms with Gasteiger partial charge in [-0.05, 0) is 26.3 Å². The maximum atomic E-state index is 12.5. The average Bonchev–Trinajstić information content (AvgIpc) is 2.72. The van der Waals surface area contributed by atoms with Crippen LogP contribution in [0.1, 0.15) is 38.6 Å². The van der Waals surface area contributed by atoms with E-state index in [0.29, 0.717) is 35.3 Å². The molecule has 0 aliphatic carbocycles. The molecule has 0 fully saturated rings. The second-order valence-electron chi connectivity index (χ2n) is 5.44. The van der Waals surface area contributed by atoms with Crippen LogP contribution >= 0.6 is 0 Å². The van der Waals surface area contributed by atoms with Gasteiger partial charge in [0.2, 0.25) is 10.0 Å². The van der Waals surface area contributed by atoms with E-state index >= 15 is 0 Å². The first-order valence-electron chi connectivity index (χ1n) is 7.57. The Bertz CT molecular complexity index is 552. The summed E-state index contributed by atoms with van der Waals surface area (Å²) < 4.78 is 29.4. The van der Waals surface area contributed by atoms with Gasteiger partial charge in [-0.25, -0.2) is 13.1 Å². The molecule has 1 aromatic heterocycles. The van der Waals surface area contributed by atoms with Crippen LogP contribution in [0.5, 0.6) is 0 Å². The summed E-state index contributed by atoms with van der Waals surface area (Å²) in [4.78, 5) is 0.322. The average molecular weight is 316 g/mol. The van der Waals surface area contributed by atoms with Gasteiger partial charge < -0.3 is 5.32 Å². The third kappa shape index (κ3) is 4.79. The third-order valence-corrected chi connectivity index (χ3v) is 5.33. The molecule has 1 rings (SSSR count). The molecule has 1 heterocycles. The minimum absolute atomic E-state index is 0.322. The van der Waals surface area contributed by atoms with Crippen LogP contribution < -0.4 is 10.0 Å². The zero-order valence-electron chi connectivity index (χ0n) is 13.7. The molecule has 7 heteroatoms. The molecule has 1 aromatic rings. The molecule has 0 aromatic carbocycles. The summed E-state index contributed by atoms with van der Waals surface area (Å²) in [6, 6.07) is 0. The molecule has 0 saturated carbocycles. The Morgan fingerprint density at radius 1 is 1.29 bits per heavy atom. The van der Waals surface area contributed by atoms with E-state index in [1.165, 1.54) is 0 Å². The quantitative estimate of drug-likeness (QED) is 0.676. The Labute approximate surface area is 128 Å². The van der Waals surface area contributed by atoms with E-state index in [-0.39, 0.29) is 0 Å². The fraction of sp³-hybridized carbons (Fsp3) is 0.786. The van der Waals surface area contributed by atoms with Gasteiger partial charge in [-0.15, -0.1) is 0 Å².